The van der Waals surface area contributed by atoms with Crippen LogP contribution in [0.15, 0.2) is 24.8 Å². The molecule has 174 valence electrons. The number of carbonyl (C=O) groups excluding carboxylic acids is 3. The lowest BCUT2D eigenvalue weighted by molar-refractivity contribution is 0.0624. The van der Waals surface area contributed by atoms with Crippen LogP contribution in [0.4, 0.5) is 21.2 Å². The molecule has 2 heterocycles. The van der Waals surface area contributed by atoms with Crippen molar-refractivity contribution in [1.82, 2.24) is 19.9 Å². The highest BCUT2D eigenvalue weighted by Gasteiger charge is 2.17. The number of aldehydes is 1. The summed E-state index contributed by atoms with van der Waals surface area (Å²) in [5, 5.41) is 5.53. The average molecular weight is 511 g/mol. The van der Waals surface area contributed by atoms with E-state index in [1.807, 2.05) is 0 Å². The van der Waals surface area contributed by atoms with E-state index in [9.17, 15) is 14.4 Å². The third kappa shape index (κ3) is 11.9. The molecule has 0 atom stereocenters. The number of carbonyl (C=O) groups is 3. The van der Waals surface area contributed by atoms with Gasteiger partial charge < -0.3 is 9.47 Å². The van der Waals surface area contributed by atoms with E-state index < -0.39 is 23.4 Å². The molecule has 0 fully saturated rings. The lowest BCUT2D eigenvalue weighted by atomic mass is 10.2. The van der Waals surface area contributed by atoms with Crippen LogP contribution in [0.25, 0.3) is 0 Å². The number of aromatic nitrogens is 4. The summed E-state index contributed by atoms with van der Waals surface area (Å²) in [6, 6.07) is 0. The molecule has 0 aliphatic rings. The highest BCUT2D eigenvalue weighted by molar-refractivity contribution is 9.08. The Kier molecular flexibility index (Phi) is 10.1. The minimum absolute atomic E-state index is 0.203. The second-order valence-corrected chi connectivity index (χ2v) is 8.79. The summed E-state index contributed by atoms with van der Waals surface area (Å²) in [7, 11) is 0. The van der Waals surface area contributed by atoms with E-state index in [0.717, 1.165) is 5.69 Å². The summed E-state index contributed by atoms with van der Waals surface area (Å²) >= 11 is 3.26. The Balaban J connectivity index is 0.000000320. The number of hydrogen-bond acceptors (Lipinski definition) is 9. The number of nitrogens with one attached hydrogen (secondary N) is 2. The van der Waals surface area contributed by atoms with Crippen LogP contribution in [0, 0.1) is 0 Å². The van der Waals surface area contributed by atoms with Gasteiger partial charge >= 0.3 is 12.2 Å². The van der Waals surface area contributed by atoms with Gasteiger partial charge in [0.05, 0.1) is 30.5 Å². The van der Waals surface area contributed by atoms with Crippen LogP contribution in [0.2, 0.25) is 0 Å². The van der Waals surface area contributed by atoms with Crippen molar-refractivity contribution in [2.75, 3.05) is 10.6 Å². The van der Waals surface area contributed by atoms with Crippen molar-refractivity contribution in [2.24, 2.45) is 0 Å². The van der Waals surface area contributed by atoms with Gasteiger partial charge in [0.15, 0.2) is 17.9 Å². The smallest absolute Gasteiger partial charge is 0.413 e. The van der Waals surface area contributed by atoms with Crippen LogP contribution in [-0.4, -0.2) is 49.6 Å². The first-order chi connectivity index (χ1) is 14.8. The van der Waals surface area contributed by atoms with Crippen molar-refractivity contribution in [3.8, 4) is 0 Å². The van der Waals surface area contributed by atoms with Gasteiger partial charge in [0.25, 0.3) is 0 Å². The first-order valence-corrected chi connectivity index (χ1v) is 10.6. The van der Waals surface area contributed by atoms with Gasteiger partial charge in [-0.3, -0.25) is 20.4 Å². The zero-order chi connectivity index (χ0) is 24.4. The van der Waals surface area contributed by atoms with Gasteiger partial charge in [-0.05, 0) is 41.5 Å². The van der Waals surface area contributed by atoms with Crippen LogP contribution in [0.5, 0.6) is 0 Å². The lowest BCUT2D eigenvalue weighted by Gasteiger charge is -2.19. The summed E-state index contributed by atoms with van der Waals surface area (Å²) in [6.07, 6.45) is 5.05. The molecule has 11 nitrogen and oxygen atoms in total. The lowest BCUT2D eigenvalue weighted by Crippen LogP contribution is -2.27. The normalized spacial score (nSPS) is 10.8. The molecule has 0 saturated heterocycles. The van der Waals surface area contributed by atoms with Gasteiger partial charge in [-0.2, -0.15) is 0 Å². The number of nitrogens with zero attached hydrogens (tertiary/aromatic N) is 4. The maximum Gasteiger partial charge on any atom is 0.413 e. The molecule has 12 heteroatoms. The summed E-state index contributed by atoms with van der Waals surface area (Å²) < 4.78 is 10.1. The summed E-state index contributed by atoms with van der Waals surface area (Å²) in [6.45, 7) is 10.7. The Hall–Kier alpha value is -3.15. The monoisotopic (exact) mass is 510 g/mol. The number of rotatable bonds is 4. The largest absolute Gasteiger partial charge is 0.444 e. The van der Waals surface area contributed by atoms with Crippen molar-refractivity contribution < 1.29 is 23.9 Å². The Labute approximate surface area is 194 Å². The zero-order valence-electron chi connectivity index (χ0n) is 18.8. The van der Waals surface area contributed by atoms with Crippen molar-refractivity contribution in [1.29, 1.82) is 0 Å². The maximum atomic E-state index is 11.4. The topological polar surface area (TPSA) is 145 Å². The minimum Gasteiger partial charge on any atom is -0.444 e. The van der Waals surface area contributed by atoms with E-state index in [-0.39, 0.29) is 11.5 Å². The van der Waals surface area contributed by atoms with Gasteiger partial charge in [0.1, 0.15) is 16.9 Å². The van der Waals surface area contributed by atoms with Crippen molar-refractivity contribution >= 4 is 46.0 Å². The minimum atomic E-state index is -0.611. The van der Waals surface area contributed by atoms with Crippen LogP contribution in [-0.2, 0) is 14.8 Å². The molecule has 0 saturated carbocycles. The summed E-state index contributed by atoms with van der Waals surface area (Å²) in [5.41, 5.74) is -0.0856. The number of hydrogen-bond donors (Lipinski definition) is 2. The second kappa shape index (κ2) is 12.0. The molecular formula is C20H27BrN6O5. The third-order valence-corrected chi connectivity index (χ3v) is 3.47. The van der Waals surface area contributed by atoms with E-state index in [1.165, 1.54) is 18.6 Å². The fourth-order valence-electron chi connectivity index (χ4n) is 1.77. The van der Waals surface area contributed by atoms with Crippen LogP contribution in [0.1, 0.15) is 57.7 Å². The quantitative estimate of drug-likeness (QED) is 0.452. The van der Waals surface area contributed by atoms with Crippen LogP contribution < -0.4 is 10.6 Å². The Morgan fingerprint density at radius 1 is 0.844 bits per heavy atom. The third-order valence-electron chi connectivity index (χ3n) is 2.89. The maximum absolute atomic E-state index is 11.4. The molecule has 2 aromatic rings. The van der Waals surface area contributed by atoms with E-state index in [0.29, 0.717) is 17.4 Å². The molecule has 0 bridgehead atoms. The first-order valence-electron chi connectivity index (χ1n) is 9.45. The molecule has 2 N–H and O–H groups in total. The molecule has 0 aliphatic carbocycles. The van der Waals surface area contributed by atoms with Crippen LogP contribution in [0.3, 0.4) is 0 Å². The first kappa shape index (κ1) is 26.9. The van der Waals surface area contributed by atoms with Gasteiger partial charge in [0, 0.05) is 5.33 Å². The zero-order valence-corrected chi connectivity index (χ0v) is 20.4. The number of ether oxygens (including phenoxy) is 2. The highest BCUT2D eigenvalue weighted by Crippen LogP contribution is 2.10. The molecule has 0 aliphatic heterocycles. The Bertz CT molecular complexity index is 893. The van der Waals surface area contributed by atoms with Crippen molar-refractivity contribution in [3.63, 3.8) is 0 Å². The van der Waals surface area contributed by atoms with Gasteiger partial charge in [-0.1, -0.05) is 15.9 Å². The molecule has 0 radical (unpaired) electrons. The second-order valence-electron chi connectivity index (χ2n) is 8.22. The standard InChI is InChI=1S/C10H14BrN3O2.C10H13N3O3/c1-10(2,3)16-9(15)14-8-6-12-7(4-11)5-13-8;1-10(2,3)16-9(15)13-8-5-11-7(6-14)4-12-8/h5-6H,4H2,1-3H3,(H,13,14,15);4-6H,1-3H3,(H,12,13,15). The van der Waals surface area contributed by atoms with Crippen molar-refractivity contribution in [3.05, 3.63) is 36.2 Å². The molecule has 0 aromatic carbocycles. The fourth-order valence-corrected chi connectivity index (χ4v) is 2.06. The molecule has 0 spiro atoms. The van der Waals surface area contributed by atoms with Gasteiger partial charge in [-0.25, -0.2) is 24.5 Å². The Morgan fingerprint density at radius 3 is 1.62 bits per heavy atom. The summed E-state index contributed by atoms with van der Waals surface area (Å²) in [4.78, 5) is 48.6. The number of alkyl halides is 1. The predicted molar refractivity (Wildman–Crippen MR) is 122 cm³/mol. The van der Waals surface area contributed by atoms with Crippen LogP contribution >= 0.6 is 15.9 Å². The van der Waals surface area contributed by atoms with E-state index in [4.69, 9.17) is 9.47 Å². The molecule has 2 rings (SSSR count). The number of anilines is 2. The van der Waals surface area contributed by atoms with Gasteiger partial charge in [-0.15, -0.1) is 0 Å². The SMILES string of the molecule is CC(C)(C)OC(=O)Nc1cnc(C=O)cn1.CC(C)(C)OC(=O)Nc1cnc(CBr)cn1. The average Bonchev–Trinajstić information content (AvgIpc) is 2.66. The van der Waals surface area contributed by atoms with Gasteiger partial charge in [0.2, 0.25) is 0 Å². The molecule has 2 amide bonds. The number of halogens is 1. The van der Waals surface area contributed by atoms with Crippen molar-refractivity contribution in [2.45, 2.75) is 58.1 Å². The highest BCUT2D eigenvalue weighted by atomic mass is 79.9. The molecule has 32 heavy (non-hydrogen) atoms. The summed E-state index contributed by atoms with van der Waals surface area (Å²) in [5.74, 6) is 0.610. The molecule has 0 unspecified atom stereocenters. The Morgan fingerprint density at radius 2 is 1.31 bits per heavy atom. The molecule has 2 aromatic heterocycles. The predicted octanol–water partition coefficient (Wildman–Crippen LogP) is 4.35. The van der Waals surface area contributed by atoms with E-state index in [1.54, 1.807) is 47.7 Å². The fraction of sp³-hybridized carbons (Fsp3) is 0.450. The van der Waals surface area contributed by atoms with E-state index in [2.05, 4.69) is 46.5 Å². The van der Waals surface area contributed by atoms with E-state index >= 15 is 0 Å². The molecular weight excluding hydrogens is 484 g/mol. The number of amides is 2.